The number of nitrogens with one attached hydrogen (secondary N) is 1. The van der Waals surface area contributed by atoms with Crippen molar-refractivity contribution in [3.05, 3.63) is 47.3 Å². The Labute approximate surface area is 143 Å². The highest BCUT2D eigenvalue weighted by Crippen LogP contribution is 2.32. The molecule has 1 N–H and O–H groups in total. The zero-order valence-corrected chi connectivity index (χ0v) is 14.8. The highest BCUT2D eigenvalue weighted by Gasteiger charge is 2.30. The number of hydrogen-bond acceptors (Lipinski definition) is 2. The normalized spacial score (nSPS) is 16.7. The molecule has 128 valence electrons. The summed E-state index contributed by atoms with van der Waals surface area (Å²) >= 11 is 0. The van der Waals surface area contributed by atoms with Gasteiger partial charge in [0.1, 0.15) is 5.75 Å². The van der Waals surface area contributed by atoms with E-state index in [4.69, 9.17) is 4.74 Å². The summed E-state index contributed by atoms with van der Waals surface area (Å²) in [5.41, 5.74) is 4.27. The summed E-state index contributed by atoms with van der Waals surface area (Å²) in [6.45, 7) is 7.78. The minimum absolute atomic E-state index is 0.0733. The molecule has 2 heterocycles. The van der Waals surface area contributed by atoms with Gasteiger partial charge in [-0.05, 0) is 50.1 Å². The number of urea groups is 1. The number of anilines is 1. The number of aromatic nitrogens is 1. The van der Waals surface area contributed by atoms with E-state index in [2.05, 4.69) is 35.9 Å². The lowest BCUT2D eigenvalue weighted by molar-refractivity contribution is 0.165. The number of aryl methyl sites for hydroxylation is 2. The summed E-state index contributed by atoms with van der Waals surface area (Å²) in [5.74, 6) is 0.679. The zero-order chi connectivity index (χ0) is 17.3. The number of ether oxygens (including phenoxy) is 1. The Morgan fingerprint density at radius 1 is 1.25 bits per heavy atom. The Balaban J connectivity index is 1.84. The van der Waals surface area contributed by atoms with Crippen LogP contribution in [0.5, 0.6) is 5.75 Å². The first-order valence-corrected chi connectivity index (χ1v) is 8.43. The number of nitrogens with zero attached hydrogens (tertiary/aromatic N) is 2. The quantitative estimate of drug-likeness (QED) is 0.922. The zero-order valence-electron chi connectivity index (χ0n) is 14.8. The van der Waals surface area contributed by atoms with Crippen LogP contribution >= 0.6 is 0 Å². The maximum absolute atomic E-state index is 12.9. The SMILES string of the molecule is CC[C@H]1c2ccc(C)n2CCN1C(=O)Nc1cc(C)ccc1OC. The van der Waals surface area contributed by atoms with Crippen LogP contribution in [0.2, 0.25) is 0 Å². The summed E-state index contributed by atoms with van der Waals surface area (Å²) < 4.78 is 7.67. The Kier molecular flexibility index (Phi) is 4.51. The summed E-state index contributed by atoms with van der Waals surface area (Å²) in [4.78, 5) is 14.8. The van der Waals surface area contributed by atoms with Gasteiger partial charge in [0.25, 0.3) is 0 Å². The van der Waals surface area contributed by atoms with Gasteiger partial charge in [-0.3, -0.25) is 0 Å². The minimum atomic E-state index is -0.0733. The van der Waals surface area contributed by atoms with Crippen molar-refractivity contribution in [1.82, 2.24) is 9.47 Å². The van der Waals surface area contributed by atoms with E-state index < -0.39 is 0 Å². The predicted octanol–water partition coefficient (Wildman–Crippen LogP) is 4.11. The van der Waals surface area contributed by atoms with Gasteiger partial charge in [0.05, 0.1) is 18.8 Å². The van der Waals surface area contributed by atoms with Crippen LogP contribution in [0.25, 0.3) is 0 Å². The summed E-state index contributed by atoms with van der Waals surface area (Å²) in [5, 5.41) is 3.03. The molecular weight excluding hydrogens is 302 g/mol. The molecule has 3 rings (SSSR count). The van der Waals surface area contributed by atoms with Gasteiger partial charge in [0.2, 0.25) is 0 Å². The van der Waals surface area contributed by atoms with E-state index in [0.717, 1.165) is 24.2 Å². The fraction of sp³-hybridized carbons (Fsp3) is 0.421. The van der Waals surface area contributed by atoms with Gasteiger partial charge in [0, 0.05) is 24.5 Å². The summed E-state index contributed by atoms with van der Waals surface area (Å²) in [6.07, 6.45) is 0.891. The van der Waals surface area contributed by atoms with Crippen molar-refractivity contribution >= 4 is 11.7 Å². The predicted molar refractivity (Wildman–Crippen MR) is 95.7 cm³/mol. The van der Waals surface area contributed by atoms with E-state index in [1.54, 1.807) is 7.11 Å². The Bertz CT molecular complexity index is 751. The number of rotatable bonds is 3. The molecule has 5 nitrogen and oxygen atoms in total. The molecule has 1 atom stereocenters. The van der Waals surface area contributed by atoms with Gasteiger partial charge in [-0.25, -0.2) is 4.79 Å². The van der Waals surface area contributed by atoms with Crippen LogP contribution < -0.4 is 10.1 Å². The number of amides is 2. The second kappa shape index (κ2) is 6.59. The molecule has 5 heteroatoms. The first-order chi connectivity index (χ1) is 11.5. The van der Waals surface area contributed by atoms with E-state index in [1.807, 2.05) is 30.0 Å². The topological polar surface area (TPSA) is 46.5 Å². The smallest absolute Gasteiger partial charge is 0.322 e. The van der Waals surface area contributed by atoms with Crippen molar-refractivity contribution < 1.29 is 9.53 Å². The second-order valence-electron chi connectivity index (χ2n) is 6.30. The standard InChI is InChI=1S/C19H25N3O2/c1-5-16-17-8-7-14(3)21(17)10-11-22(16)19(23)20-15-12-13(2)6-9-18(15)24-4/h6-9,12,16H,5,10-11H2,1-4H3,(H,20,23)/t16-/m0/s1. The molecule has 0 saturated heterocycles. The molecule has 24 heavy (non-hydrogen) atoms. The van der Waals surface area contributed by atoms with Crippen LogP contribution in [0, 0.1) is 13.8 Å². The average Bonchev–Trinajstić information content (AvgIpc) is 2.95. The fourth-order valence-corrected chi connectivity index (χ4v) is 3.49. The highest BCUT2D eigenvalue weighted by atomic mass is 16.5. The number of methoxy groups -OCH3 is 1. The molecule has 0 saturated carbocycles. The first-order valence-electron chi connectivity index (χ1n) is 8.43. The van der Waals surface area contributed by atoms with Gasteiger partial charge in [0.15, 0.2) is 0 Å². The van der Waals surface area contributed by atoms with Crippen LogP contribution in [-0.4, -0.2) is 29.2 Å². The maximum atomic E-state index is 12.9. The number of benzene rings is 1. The monoisotopic (exact) mass is 327 g/mol. The molecule has 0 radical (unpaired) electrons. The molecule has 1 aliphatic rings. The van der Waals surface area contributed by atoms with Crippen molar-refractivity contribution in [3.63, 3.8) is 0 Å². The second-order valence-corrected chi connectivity index (χ2v) is 6.30. The molecule has 2 aromatic rings. The molecule has 0 unspecified atom stereocenters. The van der Waals surface area contributed by atoms with Crippen LogP contribution in [0.3, 0.4) is 0 Å². The van der Waals surface area contributed by atoms with Crippen molar-refractivity contribution in [2.45, 2.75) is 39.8 Å². The third kappa shape index (κ3) is 2.86. The van der Waals surface area contributed by atoms with Crippen molar-refractivity contribution in [1.29, 1.82) is 0 Å². The van der Waals surface area contributed by atoms with Gasteiger partial charge >= 0.3 is 6.03 Å². The van der Waals surface area contributed by atoms with E-state index in [0.29, 0.717) is 12.3 Å². The average molecular weight is 327 g/mol. The minimum Gasteiger partial charge on any atom is -0.495 e. The van der Waals surface area contributed by atoms with Gasteiger partial charge in [-0.15, -0.1) is 0 Å². The molecule has 0 aliphatic carbocycles. The van der Waals surface area contributed by atoms with Crippen LogP contribution in [0.1, 0.15) is 36.3 Å². The van der Waals surface area contributed by atoms with Gasteiger partial charge in [-0.2, -0.15) is 0 Å². The number of carbonyl (C=O) groups is 1. The van der Waals surface area contributed by atoms with Crippen LogP contribution in [0.15, 0.2) is 30.3 Å². The third-order valence-electron chi connectivity index (χ3n) is 4.76. The number of carbonyl (C=O) groups excluding carboxylic acids is 1. The molecular formula is C19H25N3O2. The third-order valence-corrected chi connectivity index (χ3v) is 4.76. The first kappa shape index (κ1) is 16.4. The lowest BCUT2D eigenvalue weighted by Crippen LogP contribution is -2.44. The van der Waals surface area contributed by atoms with Crippen molar-refractivity contribution in [2.24, 2.45) is 0 Å². The lowest BCUT2D eigenvalue weighted by Gasteiger charge is -2.37. The fourth-order valence-electron chi connectivity index (χ4n) is 3.49. The number of fused-ring (bicyclic) bond motifs is 1. The molecule has 1 aromatic heterocycles. The van der Waals surface area contributed by atoms with E-state index >= 15 is 0 Å². The number of hydrogen-bond donors (Lipinski definition) is 1. The van der Waals surface area contributed by atoms with E-state index in [9.17, 15) is 4.79 Å². The van der Waals surface area contributed by atoms with Crippen LogP contribution in [-0.2, 0) is 6.54 Å². The molecule has 1 aliphatic heterocycles. The molecule has 0 fully saturated rings. The maximum Gasteiger partial charge on any atom is 0.322 e. The molecule has 1 aromatic carbocycles. The van der Waals surface area contributed by atoms with Gasteiger partial charge in [-0.1, -0.05) is 13.0 Å². The molecule has 2 amide bonds. The van der Waals surface area contributed by atoms with Crippen molar-refractivity contribution in [2.75, 3.05) is 19.0 Å². The molecule has 0 bridgehead atoms. The van der Waals surface area contributed by atoms with Gasteiger partial charge < -0.3 is 19.5 Å². The Morgan fingerprint density at radius 2 is 2.04 bits per heavy atom. The largest absolute Gasteiger partial charge is 0.495 e. The van der Waals surface area contributed by atoms with E-state index in [1.165, 1.54) is 11.4 Å². The van der Waals surface area contributed by atoms with E-state index in [-0.39, 0.29) is 12.1 Å². The van der Waals surface area contributed by atoms with Crippen LogP contribution in [0.4, 0.5) is 10.5 Å². The molecule has 0 spiro atoms. The van der Waals surface area contributed by atoms with Crippen molar-refractivity contribution in [3.8, 4) is 5.75 Å². The summed E-state index contributed by atoms with van der Waals surface area (Å²) in [6, 6.07) is 10.1. The Hall–Kier alpha value is -2.43. The Morgan fingerprint density at radius 3 is 2.75 bits per heavy atom. The lowest BCUT2D eigenvalue weighted by atomic mass is 10.1. The summed E-state index contributed by atoms with van der Waals surface area (Å²) in [7, 11) is 1.62. The highest BCUT2D eigenvalue weighted by molar-refractivity contribution is 5.91.